The van der Waals surface area contributed by atoms with Gasteiger partial charge in [0.15, 0.2) is 11.6 Å². The van der Waals surface area contributed by atoms with Gasteiger partial charge in [0.25, 0.3) is 0 Å². The van der Waals surface area contributed by atoms with Crippen molar-refractivity contribution in [3.8, 4) is 5.82 Å². The number of carbonyl (C=O) groups excluding carboxylic acids is 1. The van der Waals surface area contributed by atoms with Crippen molar-refractivity contribution >= 4 is 17.8 Å². The largest absolute Gasteiger partial charge is 0.352 e. The highest BCUT2D eigenvalue weighted by atomic mass is 16.2. The Morgan fingerprint density at radius 3 is 2.25 bits per heavy atom. The average molecular weight is 373 g/mol. The third-order valence-electron chi connectivity index (χ3n) is 5.01. The number of aromatic nitrogens is 3. The zero-order valence-corrected chi connectivity index (χ0v) is 15.9. The quantitative estimate of drug-likeness (QED) is 0.660. The number of hydrogen-bond donors (Lipinski definition) is 0. The van der Waals surface area contributed by atoms with Gasteiger partial charge in [0.1, 0.15) is 0 Å². The second kappa shape index (κ2) is 8.08. The molecule has 0 aliphatic carbocycles. The number of aryl methyl sites for hydroxylation is 1. The summed E-state index contributed by atoms with van der Waals surface area (Å²) in [4.78, 5) is 16.5. The van der Waals surface area contributed by atoms with Crippen molar-refractivity contribution in [2.45, 2.75) is 6.92 Å². The predicted octanol–water partition coefficient (Wildman–Crippen LogP) is 2.94. The van der Waals surface area contributed by atoms with Crippen molar-refractivity contribution in [2.24, 2.45) is 0 Å². The summed E-state index contributed by atoms with van der Waals surface area (Å²) in [6, 6.07) is 15.9. The molecule has 142 valence electrons. The minimum Gasteiger partial charge on any atom is -0.352 e. The van der Waals surface area contributed by atoms with Crippen LogP contribution in [0.3, 0.4) is 0 Å². The lowest BCUT2D eigenvalue weighted by Crippen LogP contribution is -2.48. The first-order valence-corrected chi connectivity index (χ1v) is 9.45. The predicted molar refractivity (Wildman–Crippen MR) is 110 cm³/mol. The second-order valence-electron chi connectivity index (χ2n) is 6.84. The molecule has 0 atom stereocenters. The number of rotatable bonds is 4. The van der Waals surface area contributed by atoms with Crippen LogP contribution < -0.4 is 4.90 Å². The summed E-state index contributed by atoms with van der Waals surface area (Å²) < 4.78 is 1.92. The van der Waals surface area contributed by atoms with Crippen molar-refractivity contribution < 1.29 is 4.79 Å². The molecular formula is C22H23N5O. The molecule has 28 heavy (non-hydrogen) atoms. The molecule has 1 aliphatic heterocycles. The van der Waals surface area contributed by atoms with Gasteiger partial charge in [-0.3, -0.25) is 4.79 Å². The third kappa shape index (κ3) is 3.96. The van der Waals surface area contributed by atoms with E-state index >= 15 is 0 Å². The number of anilines is 1. The van der Waals surface area contributed by atoms with Crippen LogP contribution in [-0.4, -0.2) is 51.8 Å². The highest BCUT2D eigenvalue weighted by Gasteiger charge is 2.20. The Morgan fingerprint density at radius 2 is 1.57 bits per heavy atom. The van der Waals surface area contributed by atoms with Crippen molar-refractivity contribution in [3.05, 3.63) is 78.1 Å². The van der Waals surface area contributed by atoms with Crippen molar-refractivity contribution in [1.29, 1.82) is 0 Å². The van der Waals surface area contributed by atoms with Gasteiger partial charge in [-0.25, -0.2) is 0 Å². The molecule has 2 aromatic heterocycles. The molecular weight excluding hydrogens is 350 g/mol. The monoisotopic (exact) mass is 373 g/mol. The number of benzene rings is 1. The molecule has 1 saturated heterocycles. The Hall–Kier alpha value is -3.41. The van der Waals surface area contributed by atoms with Crippen LogP contribution in [-0.2, 0) is 4.79 Å². The zero-order valence-electron chi connectivity index (χ0n) is 15.9. The summed E-state index contributed by atoms with van der Waals surface area (Å²) in [5.74, 6) is 1.69. The number of carbonyl (C=O) groups is 1. The molecule has 3 heterocycles. The van der Waals surface area contributed by atoms with Gasteiger partial charge in [-0.1, -0.05) is 24.3 Å². The molecule has 1 aromatic carbocycles. The Labute approximate surface area is 164 Å². The SMILES string of the molecule is Cc1ccccc1/C=C/C(=O)N1CCN(c2ccc(-n3cccc3)nn2)CC1. The molecule has 6 heteroatoms. The standard InChI is InChI=1S/C22H23N5O/c1-18-6-2-3-7-19(18)8-11-22(28)27-16-14-26(15-17-27)21-10-9-20(23-24-21)25-12-4-5-13-25/h2-13H,14-17H2,1H3/b11-8+. The van der Waals surface area contributed by atoms with Gasteiger partial charge in [-0.05, 0) is 48.4 Å². The van der Waals surface area contributed by atoms with E-state index in [2.05, 4.69) is 15.1 Å². The van der Waals surface area contributed by atoms with Gasteiger partial charge >= 0.3 is 0 Å². The lowest BCUT2D eigenvalue weighted by molar-refractivity contribution is -0.126. The second-order valence-corrected chi connectivity index (χ2v) is 6.84. The molecule has 0 radical (unpaired) electrons. The molecule has 6 nitrogen and oxygen atoms in total. The fourth-order valence-corrected chi connectivity index (χ4v) is 3.31. The lowest BCUT2D eigenvalue weighted by Gasteiger charge is -2.34. The first kappa shape index (κ1) is 18.0. The highest BCUT2D eigenvalue weighted by molar-refractivity contribution is 5.92. The summed E-state index contributed by atoms with van der Waals surface area (Å²) in [7, 11) is 0. The maximum absolute atomic E-state index is 12.5. The van der Waals surface area contributed by atoms with Crippen LogP contribution in [0.2, 0.25) is 0 Å². The van der Waals surface area contributed by atoms with Crippen LogP contribution in [0.1, 0.15) is 11.1 Å². The van der Waals surface area contributed by atoms with Crippen LogP contribution in [0.25, 0.3) is 11.9 Å². The summed E-state index contributed by atoms with van der Waals surface area (Å²) >= 11 is 0. The fourth-order valence-electron chi connectivity index (χ4n) is 3.31. The van der Waals surface area contributed by atoms with E-state index in [1.165, 1.54) is 5.56 Å². The van der Waals surface area contributed by atoms with Crippen LogP contribution in [0, 0.1) is 6.92 Å². The topological polar surface area (TPSA) is 54.3 Å². The molecule has 0 saturated carbocycles. The van der Waals surface area contributed by atoms with E-state index in [4.69, 9.17) is 0 Å². The Bertz CT molecular complexity index is 955. The maximum Gasteiger partial charge on any atom is 0.246 e. The lowest BCUT2D eigenvalue weighted by atomic mass is 10.1. The van der Waals surface area contributed by atoms with Crippen LogP contribution >= 0.6 is 0 Å². The van der Waals surface area contributed by atoms with Crippen LogP contribution in [0.4, 0.5) is 5.82 Å². The van der Waals surface area contributed by atoms with E-state index in [-0.39, 0.29) is 5.91 Å². The Balaban J connectivity index is 1.34. The average Bonchev–Trinajstić information content (AvgIpc) is 3.28. The molecule has 3 aromatic rings. The van der Waals surface area contributed by atoms with E-state index in [9.17, 15) is 4.79 Å². The fraction of sp³-hybridized carbons (Fsp3) is 0.227. The van der Waals surface area contributed by atoms with Gasteiger partial charge in [0.2, 0.25) is 5.91 Å². The van der Waals surface area contributed by atoms with Gasteiger partial charge in [0, 0.05) is 44.6 Å². The smallest absolute Gasteiger partial charge is 0.246 e. The first-order valence-electron chi connectivity index (χ1n) is 9.45. The number of piperazine rings is 1. The molecule has 1 fully saturated rings. The summed E-state index contributed by atoms with van der Waals surface area (Å²) in [5.41, 5.74) is 2.24. The molecule has 0 bridgehead atoms. The molecule has 0 N–H and O–H groups in total. The summed E-state index contributed by atoms with van der Waals surface area (Å²) in [6.45, 7) is 4.91. The van der Waals surface area contributed by atoms with Gasteiger partial charge < -0.3 is 14.4 Å². The zero-order chi connectivity index (χ0) is 19.3. The van der Waals surface area contributed by atoms with Gasteiger partial charge in [-0.2, -0.15) is 0 Å². The van der Waals surface area contributed by atoms with Crippen molar-refractivity contribution in [2.75, 3.05) is 31.1 Å². The number of nitrogens with zero attached hydrogens (tertiary/aromatic N) is 5. The minimum absolute atomic E-state index is 0.0527. The molecule has 4 rings (SSSR count). The Morgan fingerprint density at radius 1 is 0.893 bits per heavy atom. The van der Waals surface area contributed by atoms with Crippen molar-refractivity contribution in [3.63, 3.8) is 0 Å². The minimum atomic E-state index is 0.0527. The molecule has 1 aliphatic rings. The van der Waals surface area contributed by atoms with Crippen LogP contribution in [0.5, 0.6) is 0 Å². The molecule has 0 unspecified atom stereocenters. The van der Waals surface area contributed by atoms with E-state index in [0.717, 1.165) is 30.3 Å². The molecule has 1 amide bonds. The van der Waals surface area contributed by atoms with Gasteiger partial charge in [-0.15, -0.1) is 10.2 Å². The Kier molecular flexibility index (Phi) is 5.19. The van der Waals surface area contributed by atoms with E-state index < -0.39 is 0 Å². The van der Waals surface area contributed by atoms with E-state index in [1.54, 1.807) is 6.08 Å². The summed E-state index contributed by atoms with van der Waals surface area (Å²) in [6.07, 6.45) is 7.45. The van der Waals surface area contributed by atoms with Crippen LogP contribution in [0.15, 0.2) is 67.0 Å². The van der Waals surface area contributed by atoms with Crippen molar-refractivity contribution in [1.82, 2.24) is 19.7 Å². The van der Waals surface area contributed by atoms with Gasteiger partial charge in [0.05, 0.1) is 0 Å². The number of hydrogen-bond acceptors (Lipinski definition) is 4. The summed E-state index contributed by atoms with van der Waals surface area (Å²) in [5, 5.41) is 8.65. The maximum atomic E-state index is 12.5. The van der Waals surface area contributed by atoms with E-state index in [1.807, 2.05) is 83.4 Å². The normalized spacial score (nSPS) is 14.6. The molecule has 0 spiro atoms. The highest BCUT2D eigenvalue weighted by Crippen LogP contribution is 2.15. The first-order chi connectivity index (χ1) is 13.7. The third-order valence-corrected chi connectivity index (χ3v) is 5.01. The number of amides is 1. The van der Waals surface area contributed by atoms with E-state index in [0.29, 0.717) is 13.1 Å².